The van der Waals surface area contributed by atoms with Crippen molar-refractivity contribution in [1.29, 1.82) is 0 Å². The van der Waals surface area contributed by atoms with Crippen molar-refractivity contribution in [3.8, 4) is 16.9 Å². The summed E-state index contributed by atoms with van der Waals surface area (Å²) in [5.74, 6) is -0.168. The summed E-state index contributed by atoms with van der Waals surface area (Å²) in [6.45, 7) is 0. The van der Waals surface area contributed by atoms with Gasteiger partial charge < -0.3 is 5.11 Å². The molecule has 1 N–H and O–H groups in total. The van der Waals surface area contributed by atoms with E-state index in [1.165, 1.54) is 12.1 Å². The SMILES string of the molecule is O=S(=O)(Cl)c1ccc(-c2cccc(Cl)c2)c(O)c1. The van der Waals surface area contributed by atoms with Crippen LogP contribution in [0.3, 0.4) is 0 Å². The Morgan fingerprint density at radius 3 is 2.33 bits per heavy atom. The van der Waals surface area contributed by atoms with Crippen LogP contribution in [0.4, 0.5) is 0 Å². The molecule has 0 bridgehead atoms. The van der Waals surface area contributed by atoms with Gasteiger partial charge >= 0.3 is 0 Å². The van der Waals surface area contributed by atoms with E-state index in [1.54, 1.807) is 24.3 Å². The molecule has 18 heavy (non-hydrogen) atoms. The molecule has 94 valence electrons. The molecule has 0 saturated heterocycles. The van der Waals surface area contributed by atoms with Crippen LogP contribution in [-0.2, 0) is 9.05 Å². The molecule has 0 unspecified atom stereocenters. The summed E-state index contributed by atoms with van der Waals surface area (Å²) in [4.78, 5) is -0.146. The molecule has 3 nitrogen and oxygen atoms in total. The van der Waals surface area contributed by atoms with Crippen molar-refractivity contribution in [2.45, 2.75) is 4.90 Å². The topological polar surface area (TPSA) is 54.4 Å². The fourth-order valence-corrected chi connectivity index (χ4v) is 2.52. The van der Waals surface area contributed by atoms with Crippen molar-refractivity contribution < 1.29 is 13.5 Å². The molecule has 6 heteroatoms. The van der Waals surface area contributed by atoms with Gasteiger partial charge in [-0.3, -0.25) is 0 Å². The Morgan fingerprint density at radius 2 is 1.78 bits per heavy atom. The molecule has 0 aliphatic heterocycles. The second kappa shape index (κ2) is 4.80. The van der Waals surface area contributed by atoms with Crippen molar-refractivity contribution in [2.24, 2.45) is 0 Å². The first-order valence-electron chi connectivity index (χ1n) is 4.91. The quantitative estimate of drug-likeness (QED) is 0.862. The number of hydrogen-bond donors (Lipinski definition) is 1. The average Bonchev–Trinajstić information content (AvgIpc) is 2.27. The zero-order chi connectivity index (χ0) is 13.3. The van der Waals surface area contributed by atoms with Crippen molar-refractivity contribution in [1.82, 2.24) is 0 Å². The van der Waals surface area contributed by atoms with Gasteiger partial charge in [-0.2, -0.15) is 0 Å². The zero-order valence-electron chi connectivity index (χ0n) is 8.97. The standard InChI is InChI=1S/C12H8Cl2O3S/c13-9-3-1-2-8(6-9)11-5-4-10(7-12(11)15)18(14,16)17/h1-7,15H. The third kappa shape index (κ3) is 2.77. The van der Waals surface area contributed by atoms with Crippen LogP contribution in [0.15, 0.2) is 47.4 Å². The van der Waals surface area contributed by atoms with Gasteiger partial charge in [-0.1, -0.05) is 23.7 Å². The van der Waals surface area contributed by atoms with Gasteiger partial charge in [0.1, 0.15) is 5.75 Å². The van der Waals surface area contributed by atoms with Crippen molar-refractivity contribution >= 4 is 31.3 Å². The predicted molar refractivity (Wildman–Crippen MR) is 71.6 cm³/mol. The molecule has 2 aromatic carbocycles. The van der Waals surface area contributed by atoms with Crippen LogP contribution in [0.1, 0.15) is 0 Å². The Kier molecular flexibility index (Phi) is 3.52. The predicted octanol–water partition coefficient (Wildman–Crippen LogP) is 3.64. The third-order valence-corrected chi connectivity index (χ3v) is 3.97. The Balaban J connectivity index is 2.55. The number of rotatable bonds is 2. The summed E-state index contributed by atoms with van der Waals surface area (Å²) < 4.78 is 22.2. The number of phenols is 1. The molecule has 0 heterocycles. The number of phenolic OH excluding ortho intramolecular Hbond substituents is 1. The second-order valence-electron chi connectivity index (χ2n) is 3.63. The normalized spacial score (nSPS) is 11.4. The van der Waals surface area contributed by atoms with E-state index in [0.717, 1.165) is 6.07 Å². The van der Waals surface area contributed by atoms with Crippen LogP contribution in [0, 0.1) is 0 Å². The van der Waals surface area contributed by atoms with Crippen molar-refractivity contribution in [2.75, 3.05) is 0 Å². The Hall–Kier alpha value is -1.23. The van der Waals surface area contributed by atoms with Crippen LogP contribution in [0.2, 0.25) is 5.02 Å². The van der Waals surface area contributed by atoms with E-state index < -0.39 is 9.05 Å². The first-order valence-corrected chi connectivity index (χ1v) is 7.60. The maximum atomic E-state index is 11.1. The molecule has 0 fully saturated rings. The molecule has 0 aliphatic carbocycles. The fourth-order valence-electron chi connectivity index (χ4n) is 1.56. The van der Waals surface area contributed by atoms with Crippen molar-refractivity contribution in [3.63, 3.8) is 0 Å². The molecule has 0 radical (unpaired) electrons. The molecule has 0 saturated carbocycles. The molecule has 0 amide bonds. The monoisotopic (exact) mass is 302 g/mol. The van der Waals surface area contributed by atoms with Gasteiger partial charge in [-0.25, -0.2) is 8.42 Å². The van der Waals surface area contributed by atoms with Crippen LogP contribution in [0.25, 0.3) is 11.1 Å². The smallest absolute Gasteiger partial charge is 0.261 e. The summed E-state index contributed by atoms with van der Waals surface area (Å²) in [5.41, 5.74) is 1.18. The summed E-state index contributed by atoms with van der Waals surface area (Å²) >= 11 is 5.85. The number of benzene rings is 2. The van der Waals surface area contributed by atoms with Gasteiger partial charge in [0, 0.05) is 27.3 Å². The van der Waals surface area contributed by atoms with Gasteiger partial charge in [0.15, 0.2) is 0 Å². The number of hydrogen-bond acceptors (Lipinski definition) is 3. The molecule has 0 aliphatic rings. The summed E-state index contributed by atoms with van der Waals surface area (Å²) in [6, 6.07) is 10.8. The van der Waals surface area contributed by atoms with E-state index in [2.05, 4.69) is 0 Å². The maximum Gasteiger partial charge on any atom is 0.261 e. The molecular formula is C12H8Cl2O3S. The molecular weight excluding hydrogens is 295 g/mol. The lowest BCUT2D eigenvalue weighted by Crippen LogP contribution is -1.90. The summed E-state index contributed by atoms with van der Waals surface area (Å²) in [6.07, 6.45) is 0. The van der Waals surface area contributed by atoms with Crippen LogP contribution >= 0.6 is 22.3 Å². The maximum absolute atomic E-state index is 11.1. The highest BCUT2D eigenvalue weighted by atomic mass is 35.7. The van der Waals surface area contributed by atoms with Crippen LogP contribution in [0.5, 0.6) is 5.75 Å². The Bertz CT molecular complexity index is 696. The van der Waals surface area contributed by atoms with E-state index in [9.17, 15) is 13.5 Å². The zero-order valence-corrected chi connectivity index (χ0v) is 11.3. The van der Waals surface area contributed by atoms with Gasteiger partial charge in [-0.05, 0) is 29.8 Å². The highest BCUT2D eigenvalue weighted by Gasteiger charge is 2.13. The lowest BCUT2D eigenvalue weighted by molar-refractivity contribution is 0.475. The number of aromatic hydroxyl groups is 1. The van der Waals surface area contributed by atoms with E-state index >= 15 is 0 Å². The van der Waals surface area contributed by atoms with Gasteiger partial charge in [0.05, 0.1) is 4.90 Å². The van der Waals surface area contributed by atoms with E-state index in [1.807, 2.05) is 0 Å². The Morgan fingerprint density at radius 1 is 1.06 bits per heavy atom. The summed E-state index contributed by atoms with van der Waals surface area (Å²) in [5, 5.41) is 10.4. The highest BCUT2D eigenvalue weighted by Crippen LogP contribution is 2.33. The minimum atomic E-state index is -3.85. The number of halogens is 2. The van der Waals surface area contributed by atoms with Crippen molar-refractivity contribution in [3.05, 3.63) is 47.5 Å². The highest BCUT2D eigenvalue weighted by molar-refractivity contribution is 8.13. The van der Waals surface area contributed by atoms with Gasteiger partial charge in [-0.15, -0.1) is 0 Å². The van der Waals surface area contributed by atoms with Gasteiger partial charge in [0.25, 0.3) is 9.05 Å². The lowest BCUT2D eigenvalue weighted by atomic mass is 10.1. The molecule has 2 rings (SSSR count). The summed E-state index contributed by atoms with van der Waals surface area (Å²) in [7, 11) is 1.35. The fraction of sp³-hybridized carbons (Fsp3) is 0. The third-order valence-electron chi connectivity index (χ3n) is 2.39. The average molecular weight is 303 g/mol. The van der Waals surface area contributed by atoms with E-state index in [0.29, 0.717) is 16.1 Å². The van der Waals surface area contributed by atoms with Crippen LogP contribution < -0.4 is 0 Å². The second-order valence-corrected chi connectivity index (χ2v) is 6.63. The molecule has 0 aromatic heterocycles. The molecule has 0 atom stereocenters. The van der Waals surface area contributed by atoms with E-state index in [-0.39, 0.29) is 10.6 Å². The Labute approximate surface area is 114 Å². The molecule has 0 spiro atoms. The lowest BCUT2D eigenvalue weighted by Gasteiger charge is -2.06. The minimum absolute atomic E-state index is 0.146. The van der Waals surface area contributed by atoms with E-state index in [4.69, 9.17) is 22.3 Å². The molecule has 2 aromatic rings. The minimum Gasteiger partial charge on any atom is -0.507 e. The van der Waals surface area contributed by atoms with Gasteiger partial charge in [0.2, 0.25) is 0 Å². The first-order chi connectivity index (χ1) is 8.38. The first kappa shape index (κ1) is 13.2. The van der Waals surface area contributed by atoms with Crippen LogP contribution in [-0.4, -0.2) is 13.5 Å². The largest absolute Gasteiger partial charge is 0.507 e.